The number of hydrogen-bond acceptors (Lipinski definition) is 6. The molecular formula is C14H23N7. The molecule has 21 heavy (non-hydrogen) atoms. The van der Waals surface area contributed by atoms with E-state index in [1.165, 1.54) is 6.54 Å². The fourth-order valence-corrected chi connectivity index (χ4v) is 2.82. The standard InChI is InChI=1S/C14H23N7/c1-10(2)8-20-4-6-21(7-5-20)13-11-12(17-9-16-11)18-14(15-3)19-13/h9-10H,4-8H2,1-3H3,(H2,15,16,17,18,19). The van der Waals surface area contributed by atoms with Crippen LogP contribution in [0.25, 0.3) is 11.2 Å². The van der Waals surface area contributed by atoms with Gasteiger partial charge in [0.1, 0.15) is 5.52 Å². The number of fused-ring (bicyclic) bond motifs is 1. The molecule has 7 nitrogen and oxygen atoms in total. The topological polar surface area (TPSA) is 73.0 Å². The Hall–Kier alpha value is -1.89. The zero-order valence-corrected chi connectivity index (χ0v) is 12.9. The number of aromatic amines is 1. The summed E-state index contributed by atoms with van der Waals surface area (Å²) in [7, 11) is 1.83. The fraction of sp³-hybridized carbons (Fsp3) is 0.643. The van der Waals surface area contributed by atoms with Gasteiger partial charge < -0.3 is 15.2 Å². The third-order valence-corrected chi connectivity index (χ3v) is 3.79. The van der Waals surface area contributed by atoms with Crippen LogP contribution in [0, 0.1) is 5.92 Å². The highest BCUT2D eigenvalue weighted by atomic mass is 15.3. The van der Waals surface area contributed by atoms with Gasteiger partial charge in [-0.15, -0.1) is 0 Å². The van der Waals surface area contributed by atoms with Crippen molar-refractivity contribution in [1.29, 1.82) is 0 Å². The monoisotopic (exact) mass is 289 g/mol. The van der Waals surface area contributed by atoms with E-state index in [1.54, 1.807) is 6.33 Å². The average Bonchev–Trinajstić information content (AvgIpc) is 2.94. The van der Waals surface area contributed by atoms with E-state index in [2.05, 4.69) is 48.9 Å². The second kappa shape index (κ2) is 5.85. The van der Waals surface area contributed by atoms with Crippen LogP contribution in [0.4, 0.5) is 11.8 Å². The molecule has 2 aromatic rings. The molecule has 2 aromatic heterocycles. The molecule has 3 heterocycles. The van der Waals surface area contributed by atoms with E-state index >= 15 is 0 Å². The van der Waals surface area contributed by atoms with Crippen LogP contribution in [0.5, 0.6) is 0 Å². The number of aromatic nitrogens is 4. The maximum absolute atomic E-state index is 4.62. The third-order valence-electron chi connectivity index (χ3n) is 3.79. The first kappa shape index (κ1) is 14.1. The largest absolute Gasteiger partial charge is 0.357 e. The molecule has 0 spiro atoms. The molecule has 1 aliphatic heterocycles. The Balaban J connectivity index is 1.80. The van der Waals surface area contributed by atoms with Crippen LogP contribution in [-0.4, -0.2) is 64.6 Å². The number of H-pyrrole nitrogens is 1. The fourth-order valence-electron chi connectivity index (χ4n) is 2.82. The summed E-state index contributed by atoms with van der Waals surface area (Å²) in [6.45, 7) is 9.83. The molecule has 114 valence electrons. The lowest BCUT2D eigenvalue weighted by Gasteiger charge is -2.36. The highest BCUT2D eigenvalue weighted by Gasteiger charge is 2.21. The molecule has 1 fully saturated rings. The molecule has 0 aliphatic carbocycles. The van der Waals surface area contributed by atoms with Crippen LogP contribution in [-0.2, 0) is 0 Å². The number of rotatable bonds is 4. The van der Waals surface area contributed by atoms with Crippen molar-refractivity contribution >= 4 is 22.9 Å². The summed E-state index contributed by atoms with van der Waals surface area (Å²) in [5.41, 5.74) is 1.64. The molecule has 1 aliphatic rings. The van der Waals surface area contributed by atoms with Crippen molar-refractivity contribution in [2.45, 2.75) is 13.8 Å². The third kappa shape index (κ3) is 2.92. The van der Waals surface area contributed by atoms with Crippen molar-refractivity contribution < 1.29 is 0 Å². The number of hydrogen-bond donors (Lipinski definition) is 2. The van der Waals surface area contributed by atoms with Gasteiger partial charge in [0, 0.05) is 39.8 Å². The molecule has 0 radical (unpaired) electrons. The minimum atomic E-state index is 0.620. The molecule has 0 bridgehead atoms. The quantitative estimate of drug-likeness (QED) is 0.880. The smallest absolute Gasteiger partial charge is 0.226 e. The first-order chi connectivity index (χ1) is 10.2. The number of nitrogens with zero attached hydrogens (tertiary/aromatic N) is 5. The lowest BCUT2D eigenvalue weighted by Crippen LogP contribution is -2.47. The van der Waals surface area contributed by atoms with Crippen molar-refractivity contribution in [3.63, 3.8) is 0 Å². The van der Waals surface area contributed by atoms with Gasteiger partial charge in [-0.2, -0.15) is 9.97 Å². The zero-order chi connectivity index (χ0) is 14.8. The molecule has 0 aromatic carbocycles. The zero-order valence-electron chi connectivity index (χ0n) is 12.9. The average molecular weight is 289 g/mol. The summed E-state index contributed by atoms with van der Waals surface area (Å²) in [6.07, 6.45) is 1.68. The Morgan fingerprint density at radius 1 is 1.24 bits per heavy atom. The van der Waals surface area contributed by atoms with Crippen molar-refractivity contribution in [3.8, 4) is 0 Å². The van der Waals surface area contributed by atoms with E-state index in [1.807, 2.05) is 7.05 Å². The van der Waals surface area contributed by atoms with E-state index in [0.717, 1.165) is 37.5 Å². The van der Waals surface area contributed by atoms with Crippen LogP contribution < -0.4 is 10.2 Å². The minimum absolute atomic E-state index is 0.620. The molecule has 0 saturated carbocycles. The SMILES string of the molecule is CNc1nc(N2CCN(CC(C)C)CC2)c2[nH]cnc2n1. The van der Waals surface area contributed by atoms with Gasteiger partial charge in [0.25, 0.3) is 0 Å². The Kier molecular flexibility index (Phi) is 3.92. The number of imidazole rings is 1. The molecule has 3 rings (SSSR count). The van der Waals surface area contributed by atoms with Crippen LogP contribution in [0.3, 0.4) is 0 Å². The maximum atomic E-state index is 4.62. The van der Waals surface area contributed by atoms with E-state index in [4.69, 9.17) is 0 Å². The van der Waals surface area contributed by atoms with E-state index < -0.39 is 0 Å². The van der Waals surface area contributed by atoms with Crippen molar-refractivity contribution in [2.75, 3.05) is 50.0 Å². The van der Waals surface area contributed by atoms with Crippen LogP contribution >= 0.6 is 0 Å². The molecule has 1 saturated heterocycles. The predicted octanol–water partition coefficient (Wildman–Crippen LogP) is 1.17. The molecular weight excluding hydrogens is 266 g/mol. The summed E-state index contributed by atoms with van der Waals surface area (Å²) in [6, 6.07) is 0. The summed E-state index contributed by atoms with van der Waals surface area (Å²) in [5, 5.41) is 3.01. The van der Waals surface area contributed by atoms with Gasteiger partial charge in [-0.1, -0.05) is 13.8 Å². The van der Waals surface area contributed by atoms with Crippen molar-refractivity contribution in [2.24, 2.45) is 5.92 Å². The first-order valence-electron chi connectivity index (χ1n) is 7.53. The second-order valence-corrected chi connectivity index (χ2v) is 5.90. The Bertz CT molecular complexity index is 598. The van der Waals surface area contributed by atoms with Gasteiger partial charge in [-0.3, -0.25) is 4.90 Å². The molecule has 2 N–H and O–H groups in total. The lowest BCUT2D eigenvalue weighted by atomic mass is 10.2. The minimum Gasteiger partial charge on any atom is -0.357 e. The van der Waals surface area contributed by atoms with E-state index in [9.17, 15) is 0 Å². The normalized spacial score (nSPS) is 16.9. The highest BCUT2D eigenvalue weighted by Crippen LogP contribution is 2.23. The van der Waals surface area contributed by atoms with Gasteiger partial charge in [0.05, 0.1) is 6.33 Å². The van der Waals surface area contributed by atoms with Gasteiger partial charge in [0.2, 0.25) is 5.95 Å². The van der Waals surface area contributed by atoms with Crippen LogP contribution in [0.15, 0.2) is 6.33 Å². The maximum Gasteiger partial charge on any atom is 0.226 e. The number of nitrogens with one attached hydrogen (secondary N) is 2. The highest BCUT2D eigenvalue weighted by molar-refractivity contribution is 5.84. The predicted molar refractivity (Wildman–Crippen MR) is 84.7 cm³/mol. The van der Waals surface area contributed by atoms with Gasteiger partial charge in [0.15, 0.2) is 11.5 Å². The summed E-state index contributed by atoms with van der Waals surface area (Å²) >= 11 is 0. The van der Waals surface area contributed by atoms with Crippen molar-refractivity contribution in [1.82, 2.24) is 24.8 Å². The summed E-state index contributed by atoms with van der Waals surface area (Å²) < 4.78 is 0. The lowest BCUT2D eigenvalue weighted by molar-refractivity contribution is 0.231. The van der Waals surface area contributed by atoms with Crippen LogP contribution in [0.1, 0.15) is 13.8 Å². The van der Waals surface area contributed by atoms with E-state index in [0.29, 0.717) is 17.5 Å². The molecule has 0 atom stereocenters. The van der Waals surface area contributed by atoms with Gasteiger partial charge in [-0.25, -0.2) is 4.98 Å². The molecule has 0 amide bonds. The first-order valence-corrected chi connectivity index (χ1v) is 7.53. The Morgan fingerprint density at radius 3 is 2.67 bits per heavy atom. The molecule has 7 heteroatoms. The second-order valence-electron chi connectivity index (χ2n) is 5.90. The number of piperazine rings is 1. The van der Waals surface area contributed by atoms with Gasteiger partial charge in [-0.05, 0) is 5.92 Å². The van der Waals surface area contributed by atoms with E-state index in [-0.39, 0.29) is 0 Å². The van der Waals surface area contributed by atoms with Crippen LogP contribution in [0.2, 0.25) is 0 Å². The Morgan fingerprint density at radius 2 is 2.00 bits per heavy atom. The van der Waals surface area contributed by atoms with Crippen molar-refractivity contribution in [3.05, 3.63) is 6.33 Å². The molecule has 0 unspecified atom stereocenters. The Labute approximate surface area is 124 Å². The number of anilines is 2. The summed E-state index contributed by atoms with van der Waals surface area (Å²) in [4.78, 5) is 21.2. The van der Waals surface area contributed by atoms with Gasteiger partial charge >= 0.3 is 0 Å². The summed E-state index contributed by atoms with van der Waals surface area (Å²) in [5.74, 6) is 2.28.